The highest BCUT2D eigenvalue weighted by Crippen LogP contribution is 2.18. The fraction of sp³-hybridized carbons (Fsp3) is 0.235. The van der Waals surface area contributed by atoms with E-state index in [0.29, 0.717) is 12.1 Å². The summed E-state index contributed by atoms with van der Waals surface area (Å²) in [7, 11) is -0.593. The molecule has 2 rings (SSSR count). The zero-order valence-electron chi connectivity index (χ0n) is 13.7. The van der Waals surface area contributed by atoms with Crippen LogP contribution in [0, 0.1) is 0 Å². The lowest BCUT2D eigenvalue weighted by molar-refractivity contribution is 0.240. The van der Waals surface area contributed by atoms with Crippen LogP contribution in [0.2, 0.25) is 0 Å². The second-order valence-corrected chi connectivity index (χ2v) is 7.54. The molecule has 0 aliphatic rings. The number of hydrogen-bond donors (Lipinski definition) is 2. The van der Waals surface area contributed by atoms with Crippen molar-refractivity contribution in [1.82, 2.24) is 14.9 Å². The molecule has 0 bridgehead atoms. The molecule has 128 valence electrons. The van der Waals surface area contributed by atoms with Gasteiger partial charge in [-0.15, -0.1) is 0 Å². The Morgan fingerprint density at radius 1 is 0.917 bits per heavy atom. The average molecular weight is 347 g/mol. The summed E-state index contributed by atoms with van der Waals surface area (Å²) in [6.07, 6.45) is 0. The van der Waals surface area contributed by atoms with Gasteiger partial charge in [0.2, 0.25) is 10.0 Å². The first kappa shape index (κ1) is 18.0. The quantitative estimate of drug-likeness (QED) is 0.838. The predicted octanol–water partition coefficient (Wildman–Crippen LogP) is 1.94. The predicted molar refractivity (Wildman–Crippen MR) is 92.8 cm³/mol. The van der Waals surface area contributed by atoms with E-state index in [-0.39, 0.29) is 17.5 Å². The first-order valence-electron chi connectivity index (χ1n) is 7.47. The molecule has 0 aliphatic heterocycles. The molecule has 7 heteroatoms. The Hall–Kier alpha value is -2.38. The SMILES string of the molecule is CN(C)S(=O)(=O)c1ccccc1CNC(=O)NCc1ccccc1. The zero-order valence-corrected chi connectivity index (χ0v) is 14.5. The molecule has 2 aromatic carbocycles. The molecular weight excluding hydrogens is 326 g/mol. The molecule has 0 aliphatic carbocycles. The molecule has 0 atom stereocenters. The summed E-state index contributed by atoms with van der Waals surface area (Å²) in [5, 5.41) is 5.43. The van der Waals surface area contributed by atoms with Crippen LogP contribution in [0.15, 0.2) is 59.5 Å². The van der Waals surface area contributed by atoms with E-state index in [1.54, 1.807) is 18.2 Å². The molecule has 0 saturated carbocycles. The molecule has 0 aromatic heterocycles. The van der Waals surface area contributed by atoms with Crippen LogP contribution in [-0.2, 0) is 23.1 Å². The van der Waals surface area contributed by atoms with Gasteiger partial charge in [0.05, 0.1) is 4.90 Å². The molecule has 0 radical (unpaired) electrons. The number of urea groups is 1. The number of hydrogen-bond acceptors (Lipinski definition) is 3. The van der Waals surface area contributed by atoms with Gasteiger partial charge in [0.25, 0.3) is 0 Å². The molecule has 2 N–H and O–H groups in total. The van der Waals surface area contributed by atoms with Crippen LogP contribution in [0.4, 0.5) is 4.79 Å². The van der Waals surface area contributed by atoms with Crippen LogP contribution < -0.4 is 10.6 Å². The summed E-state index contributed by atoms with van der Waals surface area (Å²) in [4.78, 5) is 12.1. The van der Waals surface area contributed by atoms with Gasteiger partial charge in [-0.3, -0.25) is 0 Å². The van der Waals surface area contributed by atoms with Crippen molar-refractivity contribution in [2.24, 2.45) is 0 Å². The minimum Gasteiger partial charge on any atom is -0.334 e. The van der Waals surface area contributed by atoms with Gasteiger partial charge in [0, 0.05) is 27.2 Å². The molecule has 0 spiro atoms. The Bertz CT molecular complexity index is 790. The molecule has 6 nitrogen and oxygen atoms in total. The summed E-state index contributed by atoms with van der Waals surface area (Å²) >= 11 is 0. The lowest BCUT2D eigenvalue weighted by Crippen LogP contribution is -2.35. The molecule has 0 saturated heterocycles. The van der Waals surface area contributed by atoms with Crippen LogP contribution in [0.1, 0.15) is 11.1 Å². The van der Waals surface area contributed by atoms with Gasteiger partial charge >= 0.3 is 6.03 Å². The Labute approximate surface area is 142 Å². The number of rotatable bonds is 6. The second kappa shape index (κ2) is 7.94. The molecule has 2 aromatic rings. The maximum absolute atomic E-state index is 12.3. The lowest BCUT2D eigenvalue weighted by Gasteiger charge is -2.15. The van der Waals surface area contributed by atoms with Crippen molar-refractivity contribution in [3.63, 3.8) is 0 Å². The maximum atomic E-state index is 12.3. The standard InChI is InChI=1S/C17H21N3O3S/c1-20(2)24(22,23)16-11-7-6-10-15(16)13-19-17(21)18-12-14-8-4-3-5-9-14/h3-11H,12-13H2,1-2H3,(H2,18,19,21). The van der Waals surface area contributed by atoms with Crippen molar-refractivity contribution in [3.8, 4) is 0 Å². The fourth-order valence-electron chi connectivity index (χ4n) is 2.11. The zero-order chi connectivity index (χ0) is 17.6. The van der Waals surface area contributed by atoms with Crippen molar-refractivity contribution in [2.45, 2.75) is 18.0 Å². The molecule has 2 amide bonds. The van der Waals surface area contributed by atoms with E-state index in [4.69, 9.17) is 0 Å². The normalized spacial score (nSPS) is 11.3. The molecule has 0 unspecified atom stereocenters. The van der Waals surface area contributed by atoms with E-state index in [1.807, 2.05) is 30.3 Å². The van der Waals surface area contributed by atoms with E-state index in [0.717, 1.165) is 9.87 Å². The van der Waals surface area contributed by atoms with Gasteiger partial charge in [-0.25, -0.2) is 17.5 Å². The Balaban J connectivity index is 1.98. The highest BCUT2D eigenvalue weighted by Gasteiger charge is 2.20. The van der Waals surface area contributed by atoms with E-state index >= 15 is 0 Å². The maximum Gasteiger partial charge on any atom is 0.315 e. The van der Waals surface area contributed by atoms with Gasteiger partial charge in [-0.2, -0.15) is 0 Å². The van der Waals surface area contributed by atoms with Crippen LogP contribution in [0.5, 0.6) is 0 Å². The number of carbonyl (C=O) groups is 1. The summed E-state index contributed by atoms with van der Waals surface area (Å²) in [5.41, 5.74) is 1.53. The smallest absolute Gasteiger partial charge is 0.315 e. The number of nitrogens with one attached hydrogen (secondary N) is 2. The largest absolute Gasteiger partial charge is 0.334 e. The Kier molecular flexibility index (Phi) is 5.94. The highest BCUT2D eigenvalue weighted by atomic mass is 32.2. The van der Waals surface area contributed by atoms with Gasteiger partial charge in [-0.1, -0.05) is 48.5 Å². The summed E-state index contributed by atoms with van der Waals surface area (Å²) in [5.74, 6) is 0. The van der Waals surface area contributed by atoms with Crippen LogP contribution >= 0.6 is 0 Å². The van der Waals surface area contributed by atoms with E-state index < -0.39 is 10.0 Å². The first-order chi connectivity index (χ1) is 11.4. The van der Waals surface area contributed by atoms with E-state index in [9.17, 15) is 13.2 Å². The minimum atomic E-state index is -3.55. The third-order valence-corrected chi connectivity index (χ3v) is 5.38. The second-order valence-electron chi connectivity index (χ2n) is 5.42. The van der Waals surface area contributed by atoms with Crippen LogP contribution in [0.25, 0.3) is 0 Å². The third kappa shape index (κ3) is 4.56. The molecular formula is C17H21N3O3S. The van der Waals surface area contributed by atoms with Crippen molar-refractivity contribution in [2.75, 3.05) is 14.1 Å². The van der Waals surface area contributed by atoms with Crippen molar-refractivity contribution >= 4 is 16.1 Å². The average Bonchev–Trinajstić information content (AvgIpc) is 2.59. The Morgan fingerprint density at radius 2 is 1.50 bits per heavy atom. The van der Waals surface area contributed by atoms with Crippen molar-refractivity contribution in [1.29, 1.82) is 0 Å². The number of nitrogens with zero attached hydrogens (tertiary/aromatic N) is 1. The third-order valence-electron chi connectivity index (χ3n) is 3.47. The number of sulfonamides is 1. The van der Waals surface area contributed by atoms with E-state index in [2.05, 4.69) is 10.6 Å². The number of amides is 2. The first-order valence-corrected chi connectivity index (χ1v) is 8.91. The topological polar surface area (TPSA) is 78.5 Å². The number of benzene rings is 2. The van der Waals surface area contributed by atoms with Crippen molar-refractivity contribution in [3.05, 3.63) is 65.7 Å². The minimum absolute atomic E-state index is 0.129. The highest BCUT2D eigenvalue weighted by molar-refractivity contribution is 7.89. The summed E-state index contributed by atoms with van der Waals surface area (Å²) in [6, 6.07) is 15.8. The van der Waals surface area contributed by atoms with Gasteiger partial charge in [-0.05, 0) is 17.2 Å². The van der Waals surface area contributed by atoms with Gasteiger partial charge in [0.15, 0.2) is 0 Å². The monoisotopic (exact) mass is 347 g/mol. The number of carbonyl (C=O) groups excluding carboxylic acids is 1. The molecule has 24 heavy (non-hydrogen) atoms. The van der Waals surface area contributed by atoms with Crippen molar-refractivity contribution < 1.29 is 13.2 Å². The Morgan fingerprint density at radius 3 is 2.17 bits per heavy atom. The fourth-order valence-corrected chi connectivity index (χ4v) is 3.23. The summed E-state index contributed by atoms with van der Waals surface area (Å²) < 4.78 is 25.8. The van der Waals surface area contributed by atoms with Gasteiger partial charge in [0.1, 0.15) is 0 Å². The molecule has 0 heterocycles. The van der Waals surface area contributed by atoms with Gasteiger partial charge < -0.3 is 10.6 Å². The van der Waals surface area contributed by atoms with Crippen LogP contribution in [-0.4, -0.2) is 32.8 Å². The van der Waals surface area contributed by atoms with E-state index in [1.165, 1.54) is 20.2 Å². The lowest BCUT2D eigenvalue weighted by atomic mass is 10.2. The van der Waals surface area contributed by atoms with Crippen LogP contribution in [0.3, 0.4) is 0 Å². The molecule has 0 fully saturated rings. The summed E-state index contributed by atoms with van der Waals surface area (Å²) in [6.45, 7) is 0.536.